The van der Waals surface area contributed by atoms with Crippen molar-refractivity contribution in [1.29, 1.82) is 5.26 Å². The third-order valence-electron chi connectivity index (χ3n) is 5.71. The number of nitrogens with one attached hydrogen (secondary N) is 2. The number of aromatic nitrogens is 2. The van der Waals surface area contributed by atoms with Gasteiger partial charge in [0.15, 0.2) is 0 Å². The molecule has 11 heteroatoms. The van der Waals surface area contributed by atoms with Gasteiger partial charge in [-0.05, 0) is 30.9 Å². The van der Waals surface area contributed by atoms with E-state index in [2.05, 4.69) is 32.2 Å². The van der Waals surface area contributed by atoms with Crippen LogP contribution in [0.3, 0.4) is 0 Å². The number of nitrogens with zero attached hydrogens (tertiary/aromatic N) is 5. The molecule has 0 bridgehead atoms. The van der Waals surface area contributed by atoms with Gasteiger partial charge in [0.25, 0.3) is 5.56 Å². The number of nitriles is 1. The number of nitrogens with two attached hydrogens (primary N) is 1. The van der Waals surface area contributed by atoms with Gasteiger partial charge in [0.2, 0.25) is 5.96 Å². The topological polar surface area (TPSA) is 133 Å². The highest BCUT2D eigenvalue weighted by Gasteiger charge is 2.55. The minimum atomic E-state index is -0.615. The van der Waals surface area contributed by atoms with Gasteiger partial charge >= 0.3 is 0 Å². The van der Waals surface area contributed by atoms with E-state index in [0.717, 1.165) is 13.1 Å². The molecular weight excluding hydrogens is 435 g/mol. The zero-order chi connectivity index (χ0) is 23.0. The second kappa shape index (κ2) is 8.68. The van der Waals surface area contributed by atoms with E-state index in [1.165, 1.54) is 12.1 Å². The number of fused-ring (bicyclic) bond motifs is 2. The molecule has 0 amide bonds. The molecule has 2 fully saturated rings. The van der Waals surface area contributed by atoms with Crippen LogP contribution >= 0.6 is 11.6 Å². The Balaban J connectivity index is 1.65. The maximum absolute atomic E-state index is 14.5. The average Bonchev–Trinajstić information content (AvgIpc) is 3.17. The van der Waals surface area contributed by atoms with Crippen LogP contribution in [0.2, 0.25) is 5.02 Å². The summed E-state index contributed by atoms with van der Waals surface area (Å²) >= 11 is 6.23. The number of piperidine rings is 1. The lowest BCUT2D eigenvalue weighted by molar-refractivity contribution is 0.520. The average molecular weight is 457 g/mol. The first kappa shape index (κ1) is 21.9. The fourth-order valence-corrected chi connectivity index (χ4v) is 4.44. The van der Waals surface area contributed by atoms with Crippen molar-refractivity contribution in [3.8, 4) is 6.07 Å². The Bertz CT molecular complexity index is 1250. The van der Waals surface area contributed by atoms with E-state index in [0.29, 0.717) is 23.4 Å². The minimum absolute atomic E-state index is 0.0168. The molecule has 2 unspecified atom stereocenters. The first-order valence-electron chi connectivity index (χ1n) is 10.1. The number of rotatable bonds is 6. The zero-order valence-corrected chi connectivity index (χ0v) is 18.2. The Morgan fingerprint density at radius 3 is 2.88 bits per heavy atom. The summed E-state index contributed by atoms with van der Waals surface area (Å²) in [5, 5.41) is 15.2. The first-order valence-corrected chi connectivity index (χ1v) is 10.5. The highest BCUT2D eigenvalue weighted by molar-refractivity contribution is 6.35. The predicted molar refractivity (Wildman–Crippen MR) is 121 cm³/mol. The maximum atomic E-state index is 14.5. The smallest absolute Gasteiger partial charge is 0.263 e. The summed E-state index contributed by atoms with van der Waals surface area (Å²) < 4.78 is 16.1. The Morgan fingerprint density at radius 1 is 1.47 bits per heavy atom. The molecule has 1 saturated carbocycles. The number of halogens is 2. The van der Waals surface area contributed by atoms with E-state index < -0.39 is 5.82 Å². The van der Waals surface area contributed by atoms with E-state index in [4.69, 9.17) is 22.6 Å². The summed E-state index contributed by atoms with van der Waals surface area (Å²) in [6.07, 6.45) is 0.135. The van der Waals surface area contributed by atoms with Gasteiger partial charge < -0.3 is 16.4 Å². The molecule has 2 atom stereocenters. The molecule has 32 heavy (non-hydrogen) atoms. The van der Waals surface area contributed by atoms with Crippen molar-refractivity contribution in [3.63, 3.8) is 0 Å². The molecule has 1 aromatic carbocycles. The van der Waals surface area contributed by atoms with E-state index >= 15 is 0 Å². The van der Waals surface area contributed by atoms with E-state index in [1.54, 1.807) is 11.5 Å². The third kappa shape index (κ3) is 4.09. The molecule has 2 aliphatic rings. The van der Waals surface area contributed by atoms with E-state index in [1.807, 2.05) is 6.07 Å². The van der Waals surface area contributed by atoms with Crippen LogP contribution in [-0.4, -0.2) is 34.3 Å². The molecule has 1 aliphatic heterocycles. The Hall–Kier alpha value is -3.29. The first-order chi connectivity index (χ1) is 15.3. The predicted octanol–water partition coefficient (Wildman–Crippen LogP) is 1.83. The van der Waals surface area contributed by atoms with E-state index in [9.17, 15) is 9.18 Å². The van der Waals surface area contributed by atoms with Crippen LogP contribution in [0.25, 0.3) is 10.9 Å². The van der Waals surface area contributed by atoms with Gasteiger partial charge in [-0.15, -0.1) is 0 Å². The molecule has 1 aromatic heterocycles. The summed E-state index contributed by atoms with van der Waals surface area (Å²) in [6.45, 7) is 7.17. The fraction of sp³-hybridized carbons (Fsp3) is 0.381. The number of guanidine groups is 1. The zero-order valence-electron chi connectivity index (χ0n) is 17.4. The molecule has 4 N–H and O–H groups in total. The highest BCUT2D eigenvalue weighted by Crippen LogP contribution is 2.52. The van der Waals surface area contributed by atoms with Gasteiger partial charge in [0.1, 0.15) is 23.0 Å². The van der Waals surface area contributed by atoms with Crippen molar-refractivity contribution in [3.05, 3.63) is 51.6 Å². The van der Waals surface area contributed by atoms with Crippen molar-refractivity contribution in [2.24, 2.45) is 27.6 Å². The second-order valence-electron chi connectivity index (χ2n) is 7.88. The molecule has 1 aliphatic carbocycles. The van der Waals surface area contributed by atoms with Crippen LogP contribution < -0.4 is 21.9 Å². The molecule has 4 rings (SSSR count). The van der Waals surface area contributed by atoms with Crippen molar-refractivity contribution >= 4 is 34.2 Å². The van der Waals surface area contributed by atoms with Gasteiger partial charge in [0, 0.05) is 24.8 Å². The monoisotopic (exact) mass is 456 g/mol. The van der Waals surface area contributed by atoms with Crippen molar-refractivity contribution in [2.45, 2.75) is 25.9 Å². The summed E-state index contributed by atoms with van der Waals surface area (Å²) in [7, 11) is 0. The van der Waals surface area contributed by atoms with Crippen LogP contribution in [0.1, 0.15) is 25.2 Å². The van der Waals surface area contributed by atoms with Gasteiger partial charge in [-0.1, -0.05) is 18.2 Å². The molecular formula is C21H22ClFN8O. The van der Waals surface area contributed by atoms with Crippen LogP contribution in [0.4, 0.5) is 4.39 Å². The van der Waals surface area contributed by atoms with Crippen molar-refractivity contribution < 1.29 is 4.39 Å². The van der Waals surface area contributed by atoms with Gasteiger partial charge in [0.05, 0.1) is 29.4 Å². The number of hydrogen-bond acceptors (Lipinski definition) is 6. The summed E-state index contributed by atoms with van der Waals surface area (Å²) in [4.78, 5) is 25.9. The minimum Gasteiger partial charge on any atom is -0.368 e. The Labute approximate surface area is 188 Å². The quantitative estimate of drug-likeness (QED) is 0.448. The SMILES string of the molecule is C=C(N=C(N)N=C(C)CC#N)NCc1nc2c(F)ccc(Cl)c2c(=O)n1C1C2CNCC21. The summed E-state index contributed by atoms with van der Waals surface area (Å²) in [5.74, 6) is 0.540. The van der Waals surface area contributed by atoms with Gasteiger partial charge in [-0.25, -0.2) is 14.4 Å². The van der Waals surface area contributed by atoms with E-state index in [-0.39, 0.29) is 52.3 Å². The molecule has 0 spiro atoms. The molecule has 166 valence electrons. The Morgan fingerprint density at radius 2 is 2.19 bits per heavy atom. The molecule has 1 saturated heterocycles. The van der Waals surface area contributed by atoms with Crippen LogP contribution in [0.15, 0.2) is 39.3 Å². The molecule has 2 heterocycles. The van der Waals surface area contributed by atoms with Gasteiger partial charge in [-0.2, -0.15) is 10.3 Å². The lowest BCUT2D eigenvalue weighted by Gasteiger charge is -2.17. The Kier molecular flexibility index (Phi) is 5.95. The standard InChI is InChI=1S/C21H22ClFN8O/c1-10(5-6-24)28-21(25)29-11(2)27-9-16-30-18-15(23)4-3-14(22)17(18)20(32)31(16)19-12-7-26-8-13(12)19/h3-4,12-13,19,26-27H,2,5,7-9H2,1H3,(H2,25,29). The summed E-state index contributed by atoms with van der Waals surface area (Å²) in [6, 6.07) is 4.52. The maximum Gasteiger partial charge on any atom is 0.263 e. The van der Waals surface area contributed by atoms with Crippen molar-refractivity contribution in [2.75, 3.05) is 13.1 Å². The number of hydrogen-bond donors (Lipinski definition) is 3. The number of benzene rings is 1. The van der Waals surface area contributed by atoms with Crippen molar-refractivity contribution in [1.82, 2.24) is 20.2 Å². The highest BCUT2D eigenvalue weighted by atomic mass is 35.5. The normalized spacial score (nSPS) is 22.5. The lowest BCUT2D eigenvalue weighted by atomic mass is 10.2. The van der Waals surface area contributed by atoms with Gasteiger partial charge in [-0.3, -0.25) is 9.36 Å². The number of aliphatic imine (C=N–C) groups is 2. The largest absolute Gasteiger partial charge is 0.368 e. The fourth-order valence-electron chi connectivity index (χ4n) is 4.21. The molecule has 2 aromatic rings. The molecule has 0 radical (unpaired) electrons. The summed E-state index contributed by atoms with van der Waals surface area (Å²) in [5.41, 5.74) is 5.87. The van der Waals surface area contributed by atoms with Crippen LogP contribution in [0, 0.1) is 29.0 Å². The second-order valence-corrected chi connectivity index (χ2v) is 8.29. The molecule has 9 nitrogen and oxygen atoms in total. The van der Waals surface area contributed by atoms with Crippen LogP contribution in [-0.2, 0) is 6.54 Å². The lowest BCUT2D eigenvalue weighted by Crippen LogP contribution is -2.31. The van der Waals surface area contributed by atoms with Crippen LogP contribution in [0.5, 0.6) is 0 Å². The third-order valence-corrected chi connectivity index (χ3v) is 6.03.